The van der Waals surface area contributed by atoms with Gasteiger partial charge in [-0.25, -0.2) is 13.1 Å². The number of nitrogens with two attached hydrogens (primary N) is 1. The molecular formula is C29H37F3N6O5S. The number of carbonyl (C=O) groups excluding carboxylic acids is 3. The van der Waals surface area contributed by atoms with Gasteiger partial charge >= 0.3 is 6.18 Å². The third kappa shape index (κ3) is 6.34. The van der Waals surface area contributed by atoms with Gasteiger partial charge in [0.05, 0.1) is 17.5 Å². The highest BCUT2D eigenvalue weighted by molar-refractivity contribution is 7.91. The van der Waals surface area contributed by atoms with Crippen molar-refractivity contribution in [1.29, 1.82) is 0 Å². The first-order valence-corrected chi connectivity index (χ1v) is 16.8. The van der Waals surface area contributed by atoms with Gasteiger partial charge in [-0.15, -0.1) is 0 Å². The van der Waals surface area contributed by atoms with Gasteiger partial charge in [-0.2, -0.15) is 18.3 Å². The number of aromatic nitrogens is 2. The number of hydrogen-bond acceptors (Lipinski definition) is 7. The Morgan fingerprint density at radius 1 is 1.11 bits per heavy atom. The third-order valence-corrected chi connectivity index (χ3v) is 10.7. The van der Waals surface area contributed by atoms with Crippen molar-refractivity contribution in [3.63, 3.8) is 0 Å². The molecule has 44 heavy (non-hydrogen) atoms. The highest BCUT2D eigenvalue weighted by atomic mass is 32.2. The fourth-order valence-corrected chi connectivity index (χ4v) is 7.84. The minimum Gasteiger partial charge on any atom is -0.366 e. The van der Waals surface area contributed by atoms with Gasteiger partial charge in [0, 0.05) is 55.6 Å². The van der Waals surface area contributed by atoms with E-state index < -0.39 is 38.8 Å². The van der Waals surface area contributed by atoms with Crippen LogP contribution in [0.15, 0.2) is 24.3 Å². The number of sulfone groups is 1. The van der Waals surface area contributed by atoms with Crippen LogP contribution in [0.4, 0.5) is 13.2 Å². The summed E-state index contributed by atoms with van der Waals surface area (Å²) in [4.78, 5) is 44.1. The average Bonchev–Trinajstić information content (AvgIpc) is 3.60. The van der Waals surface area contributed by atoms with Gasteiger partial charge in [-0.3, -0.25) is 19.3 Å². The van der Waals surface area contributed by atoms with Gasteiger partial charge < -0.3 is 15.5 Å². The van der Waals surface area contributed by atoms with E-state index in [1.54, 1.807) is 4.90 Å². The SMILES string of the molecule is CCN(C(=O)CN1CCC(S(C)(=O)=O)C1)C1CCC(N2CCc3c(C(F)(F)F)nn(-c4cccc(C(N)=O)c4)c3C2=O)CC1. The highest BCUT2D eigenvalue weighted by Crippen LogP contribution is 2.38. The van der Waals surface area contributed by atoms with E-state index in [1.165, 1.54) is 30.5 Å². The number of alkyl halides is 3. The number of halogens is 3. The summed E-state index contributed by atoms with van der Waals surface area (Å²) in [7, 11) is -3.17. The number of hydrogen-bond donors (Lipinski definition) is 1. The van der Waals surface area contributed by atoms with E-state index in [0.717, 1.165) is 4.68 Å². The van der Waals surface area contributed by atoms with Crippen LogP contribution in [0.3, 0.4) is 0 Å². The van der Waals surface area contributed by atoms with Crippen LogP contribution in [-0.2, 0) is 27.2 Å². The fraction of sp³-hybridized carbons (Fsp3) is 0.586. The van der Waals surface area contributed by atoms with Crippen LogP contribution in [0.25, 0.3) is 5.69 Å². The molecule has 2 aliphatic heterocycles. The van der Waals surface area contributed by atoms with Crippen molar-refractivity contribution >= 4 is 27.6 Å². The molecule has 5 rings (SSSR count). The van der Waals surface area contributed by atoms with E-state index >= 15 is 0 Å². The molecule has 2 N–H and O–H groups in total. The number of likely N-dealkylation sites (N-methyl/N-ethyl adjacent to an activating group) is 1. The van der Waals surface area contributed by atoms with Crippen molar-refractivity contribution in [3.8, 4) is 5.69 Å². The van der Waals surface area contributed by atoms with Gasteiger partial charge in [0.1, 0.15) is 5.69 Å². The number of primary amides is 1. The number of fused-ring (bicyclic) bond motifs is 1. The molecule has 240 valence electrons. The van der Waals surface area contributed by atoms with Gasteiger partial charge in [-0.1, -0.05) is 6.07 Å². The van der Waals surface area contributed by atoms with Crippen molar-refractivity contribution in [2.24, 2.45) is 5.73 Å². The molecule has 1 aromatic carbocycles. The summed E-state index contributed by atoms with van der Waals surface area (Å²) in [6.07, 6.45) is -0.656. The lowest BCUT2D eigenvalue weighted by Gasteiger charge is -2.42. The summed E-state index contributed by atoms with van der Waals surface area (Å²) >= 11 is 0. The van der Waals surface area contributed by atoms with Crippen molar-refractivity contribution in [1.82, 2.24) is 24.5 Å². The number of rotatable bonds is 8. The topological polar surface area (TPSA) is 139 Å². The van der Waals surface area contributed by atoms with E-state index in [9.17, 15) is 36.0 Å². The number of likely N-dealkylation sites (tertiary alicyclic amines) is 1. The molecular weight excluding hydrogens is 601 g/mol. The standard InChI is InChI=1S/C29H37F3N6O5S/c1-3-36(24(39)17-35-13-11-22(16-35)44(2,42)43)19-7-9-20(10-8-19)37-14-12-23-25(28(37)41)38(34-26(23)29(30,31)32)21-6-4-5-18(15-21)27(33)40/h4-6,15,19-20,22H,3,7-14,16-17H2,1-2H3,(H2,33,40). The lowest BCUT2D eigenvalue weighted by molar-refractivity contribution is -0.142. The first kappa shape index (κ1) is 31.9. The van der Waals surface area contributed by atoms with Crippen LogP contribution in [0, 0.1) is 0 Å². The Balaban J connectivity index is 1.29. The van der Waals surface area contributed by atoms with E-state index in [2.05, 4.69) is 5.10 Å². The molecule has 1 atom stereocenters. The summed E-state index contributed by atoms with van der Waals surface area (Å²) in [5.74, 6) is -1.38. The first-order chi connectivity index (χ1) is 20.7. The Morgan fingerprint density at radius 3 is 2.41 bits per heavy atom. The Morgan fingerprint density at radius 2 is 1.82 bits per heavy atom. The summed E-state index contributed by atoms with van der Waals surface area (Å²) in [5.41, 5.74) is 4.12. The van der Waals surface area contributed by atoms with Gasteiger partial charge in [0.15, 0.2) is 15.5 Å². The van der Waals surface area contributed by atoms with Crippen molar-refractivity contribution in [2.75, 3.05) is 39.0 Å². The molecule has 1 saturated carbocycles. The largest absolute Gasteiger partial charge is 0.435 e. The fourth-order valence-electron chi connectivity index (χ4n) is 6.82. The second-order valence-electron chi connectivity index (χ2n) is 11.9. The molecule has 3 amide bonds. The molecule has 0 radical (unpaired) electrons. The molecule has 1 aromatic heterocycles. The Labute approximate surface area is 254 Å². The summed E-state index contributed by atoms with van der Waals surface area (Å²) in [5, 5.41) is 3.34. The zero-order valence-electron chi connectivity index (χ0n) is 24.7. The van der Waals surface area contributed by atoms with E-state index in [4.69, 9.17) is 5.73 Å². The van der Waals surface area contributed by atoms with Crippen molar-refractivity contribution in [3.05, 3.63) is 46.8 Å². The number of carbonyl (C=O) groups is 3. The smallest absolute Gasteiger partial charge is 0.366 e. The number of amides is 3. The molecule has 0 bridgehead atoms. The molecule has 0 spiro atoms. The van der Waals surface area contributed by atoms with Gasteiger partial charge in [0.25, 0.3) is 5.91 Å². The number of benzene rings is 1. The van der Waals surface area contributed by atoms with Crippen LogP contribution in [0.5, 0.6) is 0 Å². The maximum Gasteiger partial charge on any atom is 0.435 e. The molecule has 3 heterocycles. The highest BCUT2D eigenvalue weighted by Gasteiger charge is 2.45. The molecule has 11 nitrogen and oxygen atoms in total. The molecule has 3 aliphatic rings. The Kier molecular flexibility index (Phi) is 8.82. The lowest BCUT2D eigenvalue weighted by Crippen LogP contribution is -2.51. The lowest BCUT2D eigenvalue weighted by atomic mass is 9.87. The Bertz CT molecular complexity index is 1550. The second-order valence-corrected chi connectivity index (χ2v) is 14.2. The molecule has 2 aromatic rings. The van der Waals surface area contributed by atoms with E-state index in [1.807, 2.05) is 16.7 Å². The van der Waals surface area contributed by atoms with Gasteiger partial charge in [-0.05, 0) is 63.6 Å². The zero-order chi connectivity index (χ0) is 32.0. The molecule has 1 unspecified atom stereocenters. The minimum absolute atomic E-state index is 0.0186. The van der Waals surface area contributed by atoms with Crippen LogP contribution < -0.4 is 5.73 Å². The Hall–Kier alpha value is -3.46. The third-order valence-electron chi connectivity index (χ3n) is 9.10. The van der Waals surface area contributed by atoms with Crippen molar-refractivity contribution in [2.45, 2.75) is 69.0 Å². The molecule has 2 fully saturated rings. The maximum atomic E-state index is 14.0. The van der Waals surface area contributed by atoms with Crippen LogP contribution in [-0.4, -0.2) is 107 Å². The monoisotopic (exact) mass is 638 g/mol. The summed E-state index contributed by atoms with van der Waals surface area (Å²) in [6, 6.07) is 5.42. The number of nitrogens with zero attached hydrogens (tertiary/aromatic N) is 5. The van der Waals surface area contributed by atoms with Crippen LogP contribution >= 0.6 is 0 Å². The second kappa shape index (κ2) is 12.1. The van der Waals surface area contributed by atoms with Crippen LogP contribution in [0.1, 0.15) is 71.1 Å². The summed E-state index contributed by atoms with van der Waals surface area (Å²) in [6.45, 7) is 3.54. The maximum absolute atomic E-state index is 14.0. The molecule has 1 aliphatic carbocycles. The van der Waals surface area contributed by atoms with Gasteiger partial charge in [0.2, 0.25) is 11.8 Å². The predicted molar refractivity (Wildman–Crippen MR) is 155 cm³/mol. The average molecular weight is 639 g/mol. The quantitative estimate of drug-likeness (QED) is 0.468. The normalized spacial score (nSPS) is 23.1. The minimum atomic E-state index is -4.77. The predicted octanol–water partition coefficient (Wildman–Crippen LogP) is 2.27. The van der Waals surface area contributed by atoms with Crippen LogP contribution in [0.2, 0.25) is 0 Å². The molecule has 1 saturated heterocycles. The first-order valence-electron chi connectivity index (χ1n) is 14.8. The van der Waals surface area contributed by atoms with E-state index in [-0.39, 0.29) is 60.0 Å². The summed E-state index contributed by atoms with van der Waals surface area (Å²) < 4.78 is 66.7. The van der Waals surface area contributed by atoms with E-state index in [0.29, 0.717) is 51.7 Å². The zero-order valence-corrected chi connectivity index (χ0v) is 25.5. The van der Waals surface area contributed by atoms with Crippen molar-refractivity contribution < 1.29 is 36.0 Å². The molecule has 15 heteroatoms.